The number of nitrogens with one attached hydrogen (secondary N) is 2. The van der Waals surface area contributed by atoms with Crippen LogP contribution in [0.3, 0.4) is 0 Å². The molecule has 2 amide bonds. The third-order valence-corrected chi connectivity index (χ3v) is 4.08. The summed E-state index contributed by atoms with van der Waals surface area (Å²) in [5.74, 6) is 0.512. The predicted octanol–water partition coefficient (Wildman–Crippen LogP) is 3.79. The normalized spacial score (nSPS) is 11.7. The van der Waals surface area contributed by atoms with E-state index >= 15 is 0 Å². The number of anilines is 1. The van der Waals surface area contributed by atoms with Gasteiger partial charge in [-0.05, 0) is 55.2 Å². The van der Waals surface area contributed by atoms with E-state index in [4.69, 9.17) is 4.74 Å². The SMILES string of the molecule is COc1ccc(NC(=O)C(CC(C)C)NC(=O)c2ccccc2C)cc1. The van der Waals surface area contributed by atoms with Gasteiger partial charge in [0, 0.05) is 11.3 Å². The highest BCUT2D eigenvalue weighted by Gasteiger charge is 2.23. The van der Waals surface area contributed by atoms with E-state index in [0.29, 0.717) is 17.7 Å². The fourth-order valence-electron chi connectivity index (χ4n) is 2.67. The molecular weight excluding hydrogens is 328 g/mol. The van der Waals surface area contributed by atoms with E-state index in [1.165, 1.54) is 0 Å². The molecule has 0 heterocycles. The second-order valence-electron chi connectivity index (χ2n) is 6.69. The average molecular weight is 354 g/mol. The molecule has 0 bridgehead atoms. The lowest BCUT2D eigenvalue weighted by Gasteiger charge is -2.21. The summed E-state index contributed by atoms with van der Waals surface area (Å²) in [4.78, 5) is 25.3. The summed E-state index contributed by atoms with van der Waals surface area (Å²) in [5, 5.41) is 5.73. The number of amides is 2. The molecule has 0 spiro atoms. The molecule has 26 heavy (non-hydrogen) atoms. The number of methoxy groups -OCH3 is 1. The molecule has 1 atom stereocenters. The lowest BCUT2D eigenvalue weighted by molar-refractivity contribution is -0.118. The van der Waals surface area contributed by atoms with Gasteiger partial charge in [-0.15, -0.1) is 0 Å². The molecule has 0 fully saturated rings. The number of aryl methyl sites for hydroxylation is 1. The zero-order chi connectivity index (χ0) is 19.1. The highest BCUT2D eigenvalue weighted by molar-refractivity contribution is 6.01. The van der Waals surface area contributed by atoms with Crippen molar-refractivity contribution in [2.45, 2.75) is 33.2 Å². The van der Waals surface area contributed by atoms with Crippen molar-refractivity contribution in [3.63, 3.8) is 0 Å². The second-order valence-corrected chi connectivity index (χ2v) is 6.69. The minimum Gasteiger partial charge on any atom is -0.497 e. The Morgan fingerprint density at radius 3 is 2.27 bits per heavy atom. The fraction of sp³-hybridized carbons (Fsp3) is 0.333. The first-order chi connectivity index (χ1) is 12.4. The van der Waals surface area contributed by atoms with Crippen LogP contribution in [0.5, 0.6) is 5.75 Å². The van der Waals surface area contributed by atoms with Crippen LogP contribution in [0.2, 0.25) is 0 Å². The molecule has 0 aliphatic heterocycles. The predicted molar refractivity (Wildman–Crippen MR) is 104 cm³/mol. The van der Waals surface area contributed by atoms with Gasteiger partial charge < -0.3 is 15.4 Å². The Morgan fingerprint density at radius 2 is 1.69 bits per heavy atom. The van der Waals surface area contributed by atoms with Gasteiger partial charge in [0.2, 0.25) is 5.91 Å². The third kappa shape index (κ3) is 5.34. The lowest BCUT2D eigenvalue weighted by atomic mass is 10.0. The molecular formula is C21H26N2O3. The Bertz CT molecular complexity index is 754. The van der Waals surface area contributed by atoms with Gasteiger partial charge in [-0.3, -0.25) is 9.59 Å². The molecule has 0 aliphatic rings. The third-order valence-electron chi connectivity index (χ3n) is 4.08. The van der Waals surface area contributed by atoms with Crippen LogP contribution in [0, 0.1) is 12.8 Å². The van der Waals surface area contributed by atoms with E-state index < -0.39 is 6.04 Å². The summed E-state index contributed by atoms with van der Waals surface area (Å²) >= 11 is 0. The molecule has 0 aliphatic carbocycles. The van der Waals surface area contributed by atoms with Crippen LogP contribution >= 0.6 is 0 Å². The second kappa shape index (κ2) is 9.04. The summed E-state index contributed by atoms with van der Waals surface area (Å²) in [5.41, 5.74) is 2.12. The molecule has 2 aromatic carbocycles. The monoisotopic (exact) mass is 354 g/mol. The molecule has 0 saturated carbocycles. The maximum atomic E-state index is 12.7. The molecule has 1 unspecified atom stereocenters. The summed E-state index contributed by atoms with van der Waals surface area (Å²) in [6.45, 7) is 5.92. The van der Waals surface area contributed by atoms with Crippen LogP contribution in [0.25, 0.3) is 0 Å². The molecule has 5 nitrogen and oxygen atoms in total. The highest BCUT2D eigenvalue weighted by atomic mass is 16.5. The van der Waals surface area contributed by atoms with Crippen molar-refractivity contribution in [3.8, 4) is 5.75 Å². The van der Waals surface area contributed by atoms with Gasteiger partial charge in [0.05, 0.1) is 7.11 Å². The van der Waals surface area contributed by atoms with Crippen molar-refractivity contribution in [1.29, 1.82) is 0 Å². The van der Waals surface area contributed by atoms with Crippen molar-refractivity contribution in [1.82, 2.24) is 5.32 Å². The summed E-state index contributed by atoms with van der Waals surface area (Å²) < 4.78 is 5.12. The summed E-state index contributed by atoms with van der Waals surface area (Å²) in [7, 11) is 1.59. The minimum atomic E-state index is -0.607. The molecule has 5 heteroatoms. The number of rotatable bonds is 7. The van der Waals surface area contributed by atoms with E-state index in [1.54, 1.807) is 37.4 Å². The quantitative estimate of drug-likeness (QED) is 0.795. The standard InChI is InChI=1S/C21H26N2O3/c1-14(2)13-19(23-20(24)18-8-6-5-7-15(18)3)21(25)22-16-9-11-17(26-4)12-10-16/h5-12,14,19H,13H2,1-4H3,(H,22,25)(H,23,24). The zero-order valence-corrected chi connectivity index (χ0v) is 15.7. The molecule has 138 valence electrons. The Morgan fingerprint density at radius 1 is 1.04 bits per heavy atom. The Labute approximate surface area is 154 Å². The van der Waals surface area contributed by atoms with E-state index in [9.17, 15) is 9.59 Å². The Hall–Kier alpha value is -2.82. The van der Waals surface area contributed by atoms with Gasteiger partial charge in [-0.25, -0.2) is 0 Å². The molecule has 0 aromatic heterocycles. The lowest BCUT2D eigenvalue weighted by Crippen LogP contribution is -2.44. The van der Waals surface area contributed by atoms with Crippen LogP contribution in [0.4, 0.5) is 5.69 Å². The van der Waals surface area contributed by atoms with Gasteiger partial charge in [0.25, 0.3) is 5.91 Å². The first kappa shape index (κ1) is 19.5. The maximum Gasteiger partial charge on any atom is 0.252 e. The molecule has 2 aromatic rings. The molecule has 0 saturated heterocycles. The topological polar surface area (TPSA) is 67.4 Å². The Kier molecular flexibility index (Phi) is 6.78. The number of carbonyl (C=O) groups excluding carboxylic acids is 2. The number of benzene rings is 2. The molecule has 2 rings (SSSR count). The van der Waals surface area contributed by atoms with Crippen LogP contribution in [0.1, 0.15) is 36.2 Å². The number of carbonyl (C=O) groups is 2. The number of ether oxygens (including phenoxy) is 1. The van der Waals surface area contributed by atoms with Gasteiger partial charge in [-0.2, -0.15) is 0 Å². The highest BCUT2D eigenvalue weighted by Crippen LogP contribution is 2.16. The zero-order valence-electron chi connectivity index (χ0n) is 15.7. The van der Waals surface area contributed by atoms with Gasteiger partial charge in [0.15, 0.2) is 0 Å². The first-order valence-corrected chi connectivity index (χ1v) is 8.72. The average Bonchev–Trinajstić information content (AvgIpc) is 2.61. The summed E-state index contributed by atoms with van der Waals surface area (Å²) in [6.07, 6.45) is 0.555. The van der Waals surface area contributed by atoms with Crippen LogP contribution in [-0.2, 0) is 4.79 Å². The van der Waals surface area contributed by atoms with Crippen molar-refractivity contribution in [2.75, 3.05) is 12.4 Å². The van der Waals surface area contributed by atoms with Gasteiger partial charge >= 0.3 is 0 Å². The van der Waals surface area contributed by atoms with E-state index in [1.807, 2.05) is 39.0 Å². The first-order valence-electron chi connectivity index (χ1n) is 8.72. The van der Waals surface area contributed by atoms with Crippen molar-refractivity contribution >= 4 is 17.5 Å². The largest absolute Gasteiger partial charge is 0.497 e. The van der Waals surface area contributed by atoms with Crippen LogP contribution in [-0.4, -0.2) is 25.0 Å². The van der Waals surface area contributed by atoms with Crippen molar-refractivity contribution in [3.05, 3.63) is 59.7 Å². The molecule has 0 radical (unpaired) electrons. The van der Waals surface area contributed by atoms with E-state index in [2.05, 4.69) is 10.6 Å². The Balaban J connectivity index is 2.11. The van der Waals surface area contributed by atoms with Gasteiger partial charge in [-0.1, -0.05) is 32.0 Å². The maximum absolute atomic E-state index is 12.7. The van der Waals surface area contributed by atoms with E-state index in [-0.39, 0.29) is 17.7 Å². The van der Waals surface area contributed by atoms with Crippen LogP contribution in [0.15, 0.2) is 48.5 Å². The minimum absolute atomic E-state index is 0.231. The number of hydrogen-bond donors (Lipinski definition) is 2. The molecule has 2 N–H and O–H groups in total. The fourth-order valence-corrected chi connectivity index (χ4v) is 2.67. The summed E-state index contributed by atoms with van der Waals surface area (Å²) in [6, 6.07) is 13.8. The van der Waals surface area contributed by atoms with Crippen LogP contribution < -0.4 is 15.4 Å². The number of hydrogen-bond acceptors (Lipinski definition) is 3. The smallest absolute Gasteiger partial charge is 0.252 e. The van der Waals surface area contributed by atoms with Crippen molar-refractivity contribution < 1.29 is 14.3 Å². The van der Waals surface area contributed by atoms with Gasteiger partial charge in [0.1, 0.15) is 11.8 Å². The van der Waals surface area contributed by atoms with E-state index in [0.717, 1.165) is 11.3 Å². The van der Waals surface area contributed by atoms with Crippen molar-refractivity contribution in [2.24, 2.45) is 5.92 Å².